The van der Waals surface area contributed by atoms with E-state index in [9.17, 15) is 9.90 Å². The lowest BCUT2D eigenvalue weighted by molar-refractivity contribution is 0.0381. The second-order valence-corrected chi connectivity index (χ2v) is 5.26. The molecule has 1 aromatic carbocycles. The van der Waals surface area contributed by atoms with E-state index in [1.807, 2.05) is 24.3 Å². The molecule has 0 saturated carbocycles. The zero-order valence-electron chi connectivity index (χ0n) is 11.4. The van der Waals surface area contributed by atoms with Crippen molar-refractivity contribution in [1.29, 1.82) is 0 Å². The van der Waals surface area contributed by atoms with Gasteiger partial charge < -0.3 is 20.3 Å². The number of carboxylic acids is 1. The second-order valence-electron chi connectivity index (χ2n) is 5.26. The predicted molar refractivity (Wildman–Crippen MR) is 77.6 cm³/mol. The highest BCUT2D eigenvalue weighted by Crippen LogP contribution is 2.25. The first-order chi connectivity index (χ1) is 10.1. The number of aromatic carboxylic acids is 1. The van der Waals surface area contributed by atoms with Crippen LogP contribution in [0.25, 0.3) is 10.8 Å². The Morgan fingerprint density at radius 3 is 2.95 bits per heavy atom. The quantitative estimate of drug-likeness (QED) is 0.789. The fourth-order valence-electron chi connectivity index (χ4n) is 2.43. The summed E-state index contributed by atoms with van der Waals surface area (Å²) in [6.07, 6.45) is 0.552. The monoisotopic (exact) mass is 288 g/mol. The molecular formula is C15H16N2O4. The second kappa shape index (κ2) is 5.31. The zero-order valence-corrected chi connectivity index (χ0v) is 11.4. The summed E-state index contributed by atoms with van der Waals surface area (Å²) < 4.78 is 5.19. The zero-order chi connectivity index (χ0) is 14.9. The van der Waals surface area contributed by atoms with Crippen LogP contribution in [-0.4, -0.2) is 46.5 Å². The van der Waals surface area contributed by atoms with Crippen LogP contribution in [0.4, 0.5) is 5.82 Å². The molecule has 2 aromatic rings. The summed E-state index contributed by atoms with van der Waals surface area (Å²) in [6.45, 7) is 1.07. The van der Waals surface area contributed by atoms with E-state index in [-0.39, 0.29) is 18.8 Å². The number of carboxylic acid groups (broad SMARTS) is 1. The van der Waals surface area contributed by atoms with E-state index in [1.165, 1.54) is 6.07 Å². The number of nitrogens with zero attached hydrogens (tertiary/aromatic N) is 1. The van der Waals surface area contributed by atoms with Gasteiger partial charge in [-0.3, -0.25) is 0 Å². The number of hydrogen-bond acceptors (Lipinski definition) is 5. The van der Waals surface area contributed by atoms with Gasteiger partial charge in [0, 0.05) is 25.0 Å². The predicted octanol–water partition coefficient (Wildman–Crippen LogP) is 1.50. The van der Waals surface area contributed by atoms with Crippen LogP contribution in [0.2, 0.25) is 0 Å². The van der Waals surface area contributed by atoms with Gasteiger partial charge in [0.25, 0.3) is 0 Å². The number of nitrogens with one attached hydrogen (secondary N) is 1. The maximum Gasteiger partial charge on any atom is 0.354 e. The first-order valence-corrected chi connectivity index (χ1v) is 6.74. The molecule has 1 atom stereocenters. The molecule has 0 aliphatic carbocycles. The maximum atomic E-state index is 11.2. The fraction of sp³-hybridized carbons (Fsp3) is 0.333. The molecule has 1 aromatic heterocycles. The molecule has 1 unspecified atom stereocenters. The Kier molecular flexibility index (Phi) is 3.48. The van der Waals surface area contributed by atoms with E-state index in [4.69, 9.17) is 9.84 Å². The van der Waals surface area contributed by atoms with Crippen LogP contribution >= 0.6 is 0 Å². The van der Waals surface area contributed by atoms with Gasteiger partial charge in [-0.05, 0) is 11.5 Å². The van der Waals surface area contributed by atoms with Crippen molar-refractivity contribution in [1.82, 2.24) is 4.98 Å². The molecule has 110 valence electrons. The normalized spacial score (nSPS) is 21.6. The molecule has 0 spiro atoms. The first kappa shape index (κ1) is 13.8. The molecule has 21 heavy (non-hydrogen) atoms. The Labute approximate surface area is 121 Å². The van der Waals surface area contributed by atoms with Gasteiger partial charge in [0.1, 0.15) is 11.4 Å². The number of aromatic nitrogens is 1. The van der Waals surface area contributed by atoms with Gasteiger partial charge in [-0.2, -0.15) is 0 Å². The maximum absolute atomic E-state index is 11.2. The number of aliphatic hydroxyl groups is 1. The molecule has 0 radical (unpaired) electrons. The van der Waals surface area contributed by atoms with E-state index in [0.29, 0.717) is 18.8 Å². The van der Waals surface area contributed by atoms with E-state index in [2.05, 4.69) is 10.3 Å². The van der Waals surface area contributed by atoms with Crippen molar-refractivity contribution in [2.24, 2.45) is 0 Å². The molecule has 1 aliphatic rings. The molecule has 1 aliphatic heterocycles. The van der Waals surface area contributed by atoms with Gasteiger partial charge >= 0.3 is 5.97 Å². The van der Waals surface area contributed by atoms with Gasteiger partial charge in [-0.25, -0.2) is 9.78 Å². The van der Waals surface area contributed by atoms with Crippen LogP contribution in [0.15, 0.2) is 30.3 Å². The first-order valence-electron chi connectivity index (χ1n) is 6.74. The average molecular weight is 288 g/mol. The SMILES string of the molecule is O=C(O)c1cc2ccccc2c(NCC2(O)CCOC2)n1. The van der Waals surface area contributed by atoms with Crippen molar-refractivity contribution < 1.29 is 19.7 Å². The van der Waals surface area contributed by atoms with Gasteiger partial charge in [-0.1, -0.05) is 24.3 Å². The third-order valence-corrected chi connectivity index (χ3v) is 3.63. The van der Waals surface area contributed by atoms with Gasteiger partial charge in [0.2, 0.25) is 0 Å². The number of carbonyl (C=O) groups is 1. The molecule has 2 heterocycles. The highest BCUT2D eigenvalue weighted by Gasteiger charge is 2.32. The lowest BCUT2D eigenvalue weighted by Gasteiger charge is -2.21. The molecule has 3 N–H and O–H groups in total. The van der Waals surface area contributed by atoms with E-state index < -0.39 is 11.6 Å². The minimum absolute atomic E-state index is 0.0224. The van der Waals surface area contributed by atoms with Gasteiger partial charge in [0.15, 0.2) is 5.69 Å². The minimum atomic E-state index is -1.08. The molecule has 6 heteroatoms. The highest BCUT2D eigenvalue weighted by molar-refractivity contribution is 5.97. The van der Waals surface area contributed by atoms with Crippen LogP contribution in [0.5, 0.6) is 0 Å². The van der Waals surface area contributed by atoms with E-state index >= 15 is 0 Å². The third-order valence-electron chi connectivity index (χ3n) is 3.63. The van der Waals surface area contributed by atoms with Crippen LogP contribution in [0.3, 0.4) is 0 Å². The highest BCUT2D eigenvalue weighted by atomic mass is 16.5. The number of anilines is 1. The fourth-order valence-corrected chi connectivity index (χ4v) is 2.43. The smallest absolute Gasteiger partial charge is 0.354 e. The van der Waals surface area contributed by atoms with Crippen molar-refractivity contribution in [2.45, 2.75) is 12.0 Å². The summed E-state index contributed by atoms with van der Waals surface area (Å²) in [7, 11) is 0. The molecule has 6 nitrogen and oxygen atoms in total. The Balaban J connectivity index is 1.94. The molecule has 0 bridgehead atoms. The number of hydrogen-bond donors (Lipinski definition) is 3. The van der Waals surface area contributed by atoms with E-state index in [1.54, 1.807) is 0 Å². The summed E-state index contributed by atoms with van der Waals surface area (Å²) in [5.41, 5.74) is -0.951. The van der Waals surface area contributed by atoms with Crippen LogP contribution < -0.4 is 5.32 Å². The number of benzene rings is 1. The third kappa shape index (κ3) is 2.81. The topological polar surface area (TPSA) is 91.7 Å². The molecule has 3 rings (SSSR count). The standard InChI is InChI=1S/C15H16N2O4/c18-14(19)12-7-10-3-1-2-4-11(10)13(17-12)16-8-15(20)5-6-21-9-15/h1-4,7,20H,5-6,8-9H2,(H,16,17)(H,18,19). The van der Waals surface area contributed by atoms with Crippen LogP contribution in [0, 0.1) is 0 Å². The molecule has 1 fully saturated rings. The van der Waals surface area contributed by atoms with Crippen molar-refractivity contribution in [2.75, 3.05) is 25.1 Å². The van der Waals surface area contributed by atoms with Crippen molar-refractivity contribution in [3.05, 3.63) is 36.0 Å². The molecular weight excluding hydrogens is 272 g/mol. The number of pyridine rings is 1. The van der Waals surface area contributed by atoms with Crippen molar-refractivity contribution in [3.63, 3.8) is 0 Å². The summed E-state index contributed by atoms with van der Waals surface area (Å²) in [4.78, 5) is 15.3. The van der Waals surface area contributed by atoms with Crippen molar-refractivity contribution in [3.8, 4) is 0 Å². The molecule has 0 amide bonds. The minimum Gasteiger partial charge on any atom is -0.477 e. The Hall–Kier alpha value is -2.18. The Morgan fingerprint density at radius 2 is 2.24 bits per heavy atom. The Bertz CT molecular complexity index is 680. The summed E-state index contributed by atoms with van der Waals surface area (Å²) >= 11 is 0. The Morgan fingerprint density at radius 1 is 1.43 bits per heavy atom. The van der Waals surface area contributed by atoms with Gasteiger partial charge in [-0.15, -0.1) is 0 Å². The van der Waals surface area contributed by atoms with Crippen LogP contribution in [0.1, 0.15) is 16.9 Å². The van der Waals surface area contributed by atoms with Gasteiger partial charge in [0.05, 0.1) is 6.61 Å². The largest absolute Gasteiger partial charge is 0.477 e. The summed E-state index contributed by atoms with van der Waals surface area (Å²) in [6, 6.07) is 8.95. The van der Waals surface area contributed by atoms with E-state index in [0.717, 1.165) is 10.8 Å². The number of fused-ring (bicyclic) bond motifs is 1. The lowest BCUT2D eigenvalue weighted by atomic mass is 10.0. The summed E-state index contributed by atoms with van der Waals surface area (Å²) in [5.74, 6) is -0.613. The number of rotatable bonds is 4. The van der Waals surface area contributed by atoms with Crippen molar-refractivity contribution >= 4 is 22.6 Å². The lowest BCUT2D eigenvalue weighted by Crippen LogP contribution is -2.37. The van der Waals surface area contributed by atoms with Crippen LogP contribution in [-0.2, 0) is 4.74 Å². The summed E-state index contributed by atoms with van der Waals surface area (Å²) in [5, 5.41) is 24.1. The molecule has 1 saturated heterocycles. The number of ether oxygens (including phenoxy) is 1. The average Bonchev–Trinajstić information content (AvgIpc) is 2.91.